The number of carbonyl (C=O) groups excluding carboxylic acids is 1. The van der Waals surface area contributed by atoms with Crippen LogP contribution in [-0.2, 0) is 0 Å². The van der Waals surface area contributed by atoms with Crippen LogP contribution in [0.4, 0.5) is 5.69 Å². The second-order valence-corrected chi connectivity index (χ2v) is 7.49. The van der Waals surface area contributed by atoms with Crippen molar-refractivity contribution in [2.24, 2.45) is 0 Å². The molecule has 2 aromatic heterocycles. The van der Waals surface area contributed by atoms with Crippen LogP contribution < -0.4 is 10.1 Å². The number of hydrogen-bond acceptors (Lipinski definition) is 6. The van der Waals surface area contributed by atoms with Gasteiger partial charge >= 0.3 is 0 Å². The summed E-state index contributed by atoms with van der Waals surface area (Å²) < 4.78 is 11.0. The molecule has 0 atom stereocenters. The molecule has 1 saturated carbocycles. The van der Waals surface area contributed by atoms with Crippen LogP contribution in [0.3, 0.4) is 0 Å². The van der Waals surface area contributed by atoms with Gasteiger partial charge in [-0.1, -0.05) is 18.5 Å². The Labute approximate surface area is 161 Å². The zero-order valence-corrected chi connectivity index (χ0v) is 15.9. The molecule has 1 amide bonds. The number of thiophene rings is 1. The predicted molar refractivity (Wildman–Crippen MR) is 104 cm³/mol. The number of rotatable bonds is 8. The van der Waals surface area contributed by atoms with Crippen molar-refractivity contribution in [3.05, 3.63) is 47.1 Å². The smallest absolute Gasteiger partial charge is 0.270 e. The van der Waals surface area contributed by atoms with Crippen molar-refractivity contribution in [2.45, 2.75) is 38.5 Å². The number of benzene rings is 1. The number of carbonyl (C=O) groups is 1. The van der Waals surface area contributed by atoms with E-state index in [0.29, 0.717) is 29.7 Å². The largest absolute Gasteiger partial charge is 0.494 e. The van der Waals surface area contributed by atoms with E-state index in [-0.39, 0.29) is 5.91 Å². The second kappa shape index (κ2) is 7.92. The van der Waals surface area contributed by atoms with Crippen molar-refractivity contribution in [3.8, 4) is 16.5 Å². The topological polar surface area (TPSA) is 77.2 Å². The molecule has 1 N–H and O–H groups in total. The maximum absolute atomic E-state index is 12.6. The number of nitrogens with one attached hydrogen (secondary N) is 1. The first-order chi connectivity index (χ1) is 13.2. The van der Waals surface area contributed by atoms with E-state index in [9.17, 15) is 4.79 Å². The molecule has 140 valence electrons. The van der Waals surface area contributed by atoms with Crippen LogP contribution in [-0.4, -0.2) is 22.7 Å². The van der Waals surface area contributed by atoms with E-state index in [1.807, 2.05) is 23.6 Å². The Morgan fingerprint density at radius 2 is 2.11 bits per heavy atom. The molecule has 2 heterocycles. The van der Waals surface area contributed by atoms with Crippen molar-refractivity contribution >= 4 is 22.9 Å². The number of unbranched alkanes of at least 4 members (excludes halogenated alkanes) is 1. The summed E-state index contributed by atoms with van der Waals surface area (Å²) in [5, 5.41) is 8.88. The Bertz CT molecular complexity index is 913. The Balaban J connectivity index is 1.43. The highest BCUT2D eigenvalue weighted by Gasteiger charge is 2.29. The summed E-state index contributed by atoms with van der Waals surface area (Å²) in [6.07, 6.45) is 4.34. The first-order valence-electron chi connectivity index (χ1n) is 9.20. The molecule has 0 bridgehead atoms. The number of anilines is 1. The first-order valence-corrected chi connectivity index (χ1v) is 10.1. The zero-order valence-electron chi connectivity index (χ0n) is 15.1. The van der Waals surface area contributed by atoms with Gasteiger partial charge in [-0.15, -0.1) is 11.3 Å². The van der Waals surface area contributed by atoms with Crippen LogP contribution in [0.2, 0.25) is 0 Å². The van der Waals surface area contributed by atoms with Crippen molar-refractivity contribution in [2.75, 3.05) is 11.9 Å². The summed E-state index contributed by atoms with van der Waals surface area (Å²) in [5.41, 5.74) is 1.25. The maximum Gasteiger partial charge on any atom is 0.270 e. The third-order valence-corrected chi connectivity index (χ3v) is 5.28. The van der Waals surface area contributed by atoms with Gasteiger partial charge < -0.3 is 14.6 Å². The van der Waals surface area contributed by atoms with Gasteiger partial charge in [-0.2, -0.15) is 4.98 Å². The van der Waals surface area contributed by atoms with Crippen LogP contribution in [0.5, 0.6) is 5.75 Å². The Morgan fingerprint density at radius 3 is 2.85 bits per heavy atom. The lowest BCUT2D eigenvalue weighted by Gasteiger charge is -2.07. The fourth-order valence-corrected chi connectivity index (χ4v) is 3.41. The lowest BCUT2D eigenvalue weighted by molar-refractivity contribution is 0.102. The minimum absolute atomic E-state index is 0.184. The zero-order chi connectivity index (χ0) is 18.6. The molecule has 1 aliphatic carbocycles. The number of aromatic nitrogens is 2. The molecular formula is C20H21N3O3S. The van der Waals surface area contributed by atoms with E-state index in [2.05, 4.69) is 22.4 Å². The van der Waals surface area contributed by atoms with Crippen molar-refractivity contribution in [1.29, 1.82) is 0 Å². The van der Waals surface area contributed by atoms with Gasteiger partial charge in [-0.3, -0.25) is 4.79 Å². The minimum atomic E-state index is -0.184. The van der Waals surface area contributed by atoms with Crippen LogP contribution in [0.15, 0.2) is 40.2 Å². The van der Waals surface area contributed by atoms with Gasteiger partial charge in [0.1, 0.15) is 10.6 Å². The minimum Gasteiger partial charge on any atom is -0.494 e. The lowest BCUT2D eigenvalue weighted by Crippen LogP contribution is -2.11. The Hall–Kier alpha value is -2.67. The summed E-state index contributed by atoms with van der Waals surface area (Å²) in [5.74, 6) is 2.24. The van der Waals surface area contributed by atoms with Crippen LogP contribution >= 0.6 is 11.3 Å². The predicted octanol–water partition coefficient (Wildman–Crippen LogP) is 5.11. The van der Waals surface area contributed by atoms with Gasteiger partial charge in [0.25, 0.3) is 11.8 Å². The third kappa shape index (κ3) is 4.19. The molecule has 7 heteroatoms. The van der Waals surface area contributed by atoms with E-state index >= 15 is 0 Å². The third-order valence-electron chi connectivity index (χ3n) is 4.38. The molecule has 4 rings (SSSR count). The van der Waals surface area contributed by atoms with Crippen LogP contribution in [0, 0.1) is 0 Å². The molecule has 1 aromatic carbocycles. The molecule has 3 aromatic rings. The van der Waals surface area contributed by atoms with Crippen molar-refractivity contribution in [3.63, 3.8) is 0 Å². The number of amides is 1. The summed E-state index contributed by atoms with van der Waals surface area (Å²) in [6, 6.07) is 9.01. The van der Waals surface area contributed by atoms with Gasteiger partial charge in [0.05, 0.1) is 12.3 Å². The van der Waals surface area contributed by atoms with Crippen LogP contribution in [0.25, 0.3) is 10.8 Å². The summed E-state index contributed by atoms with van der Waals surface area (Å²) in [4.78, 5) is 17.8. The monoisotopic (exact) mass is 383 g/mol. The van der Waals surface area contributed by atoms with E-state index in [0.717, 1.165) is 42.1 Å². The van der Waals surface area contributed by atoms with Crippen LogP contribution in [0.1, 0.15) is 54.7 Å². The molecule has 0 aliphatic heterocycles. The van der Waals surface area contributed by atoms with E-state index in [1.54, 1.807) is 12.1 Å². The van der Waals surface area contributed by atoms with Crippen molar-refractivity contribution in [1.82, 2.24) is 10.1 Å². The molecule has 1 fully saturated rings. The number of nitrogens with zero attached hydrogens (tertiary/aromatic N) is 2. The highest BCUT2D eigenvalue weighted by Crippen LogP contribution is 2.40. The molecular weight excluding hydrogens is 362 g/mol. The molecule has 0 unspecified atom stereocenters. The van der Waals surface area contributed by atoms with Gasteiger partial charge in [-0.25, -0.2) is 0 Å². The number of hydrogen-bond donors (Lipinski definition) is 1. The molecule has 0 saturated heterocycles. The van der Waals surface area contributed by atoms with Crippen molar-refractivity contribution < 1.29 is 14.1 Å². The second-order valence-electron chi connectivity index (χ2n) is 6.58. The average Bonchev–Trinajstić information content (AvgIpc) is 3.24. The van der Waals surface area contributed by atoms with E-state index in [4.69, 9.17) is 9.26 Å². The Morgan fingerprint density at radius 1 is 1.30 bits per heavy atom. The molecule has 6 nitrogen and oxygen atoms in total. The lowest BCUT2D eigenvalue weighted by atomic mass is 10.2. The quantitative estimate of drug-likeness (QED) is 0.547. The maximum atomic E-state index is 12.6. The van der Waals surface area contributed by atoms with Gasteiger partial charge in [0.2, 0.25) is 0 Å². The van der Waals surface area contributed by atoms with E-state index in [1.165, 1.54) is 11.3 Å². The average molecular weight is 383 g/mol. The van der Waals surface area contributed by atoms with Gasteiger partial charge in [0, 0.05) is 11.5 Å². The normalized spacial score (nSPS) is 13.5. The number of ether oxygens (including phenoxy) is 1. The highest BCUT2D eigenvalue weighted by molar-refractivity contribution is 7.14. The fourth-order valence-electron chi connectivity index (χ4n) is 2.64. The van der Waals surface area contributed by atoms with Gasteiger partial charge in [0.15, 0.2) is 5.82 Å². The van der Waals surface area contributed by atoms with E-state index < -0.39 is 0 Å². The van der Waals surface area contributed by atoms with Gasteiger partial charge in [-0.05, 0) is 55.0 Å². The summed E-state index contributed by atoms with van der Waals surface area (Å²) in [7, 11) is 0. The standard InChI is InChI=1S/C20H21N3O3S/c1-2-3-11-25-15-8-6-14(7-9-15)19(24)21-16-10-12-27-17(16)20-22-18(23-26-20)13-4-5-13/h6-10,12-13H,2-5,11H2,1H3,(H,21,24). The summed E-state index contributed by atoms with van der Waals surface area (Å²) >= 11 is 1.47. The molecule has 0 spiro atoms. The SMILES string of the molecule is CCCCOc1ccc(C(=O)Nc2ccsc2-c2nc(C3CC3)no2)cc1. The molecule has 1 aliphatic rings. The Kier molecular flexibility index (Phi) is 5.20. The highest BCUT2D eigenvalue weighted by atomic mass is 32.1. The fraction of sp³-hybridized carbons (Fsp3) is 0.350. The summed E-state index contributed by atoms with van der Waals surface area (Å²) in [6.45, 7) is 2.81. The molecule has 27 heavy (non-hydrogen) atoms. The molecule has 0 radical (unpaired) electrons. The first kappa shape index (κ1) is 17.7.